The molecule has 130 valence electrons. The molecule has 1 atom stereocenters. The number of hydrogen-bond acceptors (Lipinski definition) is 6. The fraction of sp³-hybridized carbons (Fsp3) is 0.800. The summed E-state index contributed by atoms with van der Waals surface area (Å²) < 4.78 is 5.43. The third kappa shape index (κ3) is 6.75. The lowest BCUT2D eigenvalue weighted by atomic mass is 10.0. The molecule has 2 heterocycles. The maximum absolute atomic E-state index is 5.74. The Bertz CT molecular complexity index is 451. The van der Waals surface area contributed by atoms with Gasteiger partial charge in [-0.1, -0.05) is 19.8 Å². The van der Waals surface area contributed by atoms with Crippen LogP contribution < -0.4 is 5.32 Å². The van der Waals surface area contributed by atoms with Crippen LogP contribution in [0.4, 0.5) is 5.95 Å². The van der Waals surface area contributed by atoms with Gasteiger partial charge in [0.25, 0.3) is 0 Å². The fourth-order valence-corrected chi connectivity index (χ4v) is 3.24. The molecule has 1 aliphatic heterocycles. The normalized spacial score (nSPS) is 17.2. The van der Waals surface area contributed by atoms with Crippen LogP contribution >= 0.6 is 23.2 Å². The highest BCUT2D eigenvalue weighted by molar-refractivity contribution is 6.31. The Labute approximate surface area is 147 Å². The van der Waals surface area contributed by atoms with E-state index in [9.17, 15) is 0 Å². The molecule has 0 bridgehead atoms. The molecule has 8 heteroatoms. The molecule has 0 aliphatic carbocycles. The van der Waals surface area contributed by atoms with Crippen LogP contribution in [-0.2, 0) is 4.74 Å². The lowest BCUT2D eigenvalue weighted by Crippen LogP contribution is -2.43. The van der Waals surface area contributed by atoms with Crippen molar-refractivity contribution >= 4 is 29.2 Å². The largest absolute Gasteiger partial charge is 0.379 e. The van der Waals surface area contributed by atoms with E-state index in [1.54, 1.807) is 0 Å². The van der Waals surface area contributed by atoms with Gasteiger partial charge in [-0.2, -0.15) is 15.0 Å². The van der Waals surface area contributed by atoms with Crippen LogP contribution in [0.15, 0.2) is 0 Å². The number of unbranched alkanes of at least 4 members (excludes halogenated alkanes) is 2. The summed E-state index contributed by atoms with van der Waals surface area (Å²) in [5, 5.41) is 3.36. The molecule has 1 aromatic heterocycles. The second-order valence-electron chi connectivity index (χ2n) is 5.68. The smallest absolute Gasteiger partial charge is 0.228 e. The number of nitrogens with one attached hydrogen (secondary N) is 1. The highest BCUT2D eigenvalue weighted by atomic mass is 35.5. The minimum atomic E-state index is 0.115. The number of anilines is 1. The van der Waals surface area contributed by atoms with E-state index in [0.717, 1.165) is 39.3 Å². The maximum atomic E-state index is 5.74. The van der Waals surface area contributed by atoms with Gasteiger partial charge in [0.2, 0.25) is 16.5 Å². The van der Waals surface area contributed by atoms with E-state index in [1.807, 2.05) is 0 Å². The van der Waals surface area contributed by atoms with Crippen LogP contribution in [0.1, 0.15) is 39.0 Å². The summed E-state index contributed by atoms with van der Waals surface area (Å²) in [5.74, 6) is 0.440. The molecule has 1 aliphatic rings. The number of ether oxygens (including phenoxy) is 1. The van der Waals surface area contributed by atoms with Gasteiger partial charge in [0, 0.05) is 25.7 Å². The first-order chi connectivity index (χ1) is 11.2. The molecule has 1 N–H and O–H groups in total. The fourth-order valence-electron chi connectivity index (χ4n) is 2.87. The van der Waals surface area contributed by atoms with Crippen molar-refractivity contribution in [3.63, 3.8) is 0 Å². The van der Waals surface area contributed by atoms with E-state index in [1.165, 1.54) is 25.7 Å². The zero-order valence-corrected chi connectivity index (χ0v) is 15.1. The summed E-state index contributed by atoms with van der Waals surface area (Å²) in [5.41, 5.74) is 0. The zero-order chi connectivity index (χ0) is 16.5. The number of morpholine rings is 1. The molecule has 1 aromatic rings. The summed E-state index contributed by atoms with van der Waals surface area (Å²) in [4.78, 5) is 14.3. The van der Waals surface area contributed by atoms with Crippen LogP contribution in [-0.4, -0.2) is 58.7 Å². The summed E-state index contributed by atoms with van der Waals surface area (Å²) in [7, 11) is 0. The Morgan fingerprint density at radius 2 is 1.78 bits per heavy atom. The van der Waals surface area contributed by atoms with Gasteiger partial charge in [-0.3, -0.25) is 4.90 Å². The summed E-state index contributed by atoms with van der Waals surface area (Å²) >= 11 is 11.5. The minimum absolute atomic E-state index is 0.115. The molecular formula is C15H25Cl2N5O. The minimum Gasteiger partial charge on any atom is -0.379 e. The molecule has 0 spiro atoms. The lowest BCUT2D eigenvalue weighted by molar-refractivity contribution is 0.0134. The first-order valence-corrected chi connectivity index (χ1v) is 9.07. The highest BCUT2D eigenvalue weighted by Gasteiger charge is 2.18. The van der Waals surface area contributed by atoms with Crippen molar-refractivity contribution in [2.24, 2.45) is 0 Å². The quantitative estimate of drug-likeness (QED) is 0.681. The first-order valence-electron chi connectivity index (χ1n) is 8.31. The van der Waals surface area contributed by atoms with Gasteiger partial charge >= 0.3 is 0 Å². The van der Waals surface area contributed by atoms with Crippen molar-refractivity contribution in [1.29, 1.82) is 0 Å². The van der Waals surface area contributed by atoms with Gasteiger partial charge in [0.05, 0.1) is 13.2 Å². The first kappa shape index (κ1) is 18.6. The van der Waals surface area contributed by atoms with Crippen molar-refractivity contribution in [2.45, 2.75) is 45.1 Å². The molecule has 6 nitrogen and oxygen atoms in total. The van der Waals surface area contributed by atoms with Crippen LogP contribution in [0.5, 0.6) is 0 Å². The molecule has 0 aromatic carbocycles. The predicted octanol–water partition coefficient (Wildman–Crippen LogP) is 3.26. The van der Waals surface area contributed by atoms with Gasteiger partial charge in [-0.15, -0.1) is 0 Å². The van der Waals surface area contributed by atoms with E-state index < -0.39 is 0 Å². The molecule has 23 heavy (non-hydrogen) atoms. The average Bonchev–Trinajstić information content (AvgIpc) is 2.54. The van der Waals surface area contributed by atoms with Gasteiger partial charge < -0.3 is 10.1 Å². The second-order valence-corrected chi connectivity index (χ2v) is 6.36. The van der Waals surface area contributed by atoms with Crippen LogP contribution in [0, 0.1) is 0 Å². The Hall–Kier alpha value is -0.690. The average molecular weight is 362 g/mol. The third-order valence-electron chi connectivity index (χ3n) is 4.11. The van der Waals surface area contributed by atoms with Crippen LogP contribution in [0.25, 0.3) is 0 Å². The molecule has 2 rings (SSSR count). The van der Waals surface area contributed by atoms with E-state index in [-0.39, 0.29) is 10.6 Å². The van der Waals surface area contributed by atoms with Gasteiger partial charge in [-0.25, -0.2) is 0 Å². The second kappa shape index (κ2) is 10.2. The van der Waals surface area contributed by atoms with Gasteiger partial charge in [0.15, 0.2) is 0 Å². The summed E-state index contributed by atoms with van der Waals surface area (Å²) in [6.07, 6.45) is 5.94. The van der Waals surface area contributed by atoms with Crippen molar-refractivity contribution in [2.75, 3.05) is 38.2 Å². The standard InChI is InChI=1S/C15H25Cl2N5O/c1-2-12(22-8-10-23-11-9-22)6-4-3-5-7-18-15-20-13(16)19-14(17)21-15/h12H,2-11H2,1H3,(H,18,19,20,21). The maximum Gasteiger partial charge on any atom is 0.228 e. The summed E-state index contributed by atoms with van der Waals surface area (Å²) in [6, 6.07) is 0.688. The van der Waals surface area contributed by atoms with E-state index in [2.05, 4.69) is 32.1 Å². The number of nitrogens with zero attached hydrogens (tertiary/aromatic N) is 4. The molecule has 0 amide bonds. The van der Waals surface area contributed by atoms with Gasteiger partial charge in [-0.05, 0) is 42.5 Å². The molecular weight excluding hydrogens is 337 g/mol. The van der Waals surface area contributed by atoms with E-state index in [4.69, 9.17) is 27.9 Å². The predicted molar refractivity (Wildman–Crippen MR) is 93.3 cm³/mol. The third-order valence-corrected chi connectivity index (χ3v) is 4.45. The Morgan fingerprint density at radius 3 is 2.43 bits per heavy atom. The molecule has 1 unspecified atom stereocenters. The molecule has 1 saturated heterocycles. The number of rotatable bonds is 9. The molecule has 1 fully saturated rings. The Balaban J connectivity index is 1.59. The van der Waals surface area contributed by atoms with Crippen molar-refractivity contribution in [3.05, 3.63) is 10.6 Å². The zero-order valence-electron chi connectivity index (χ0n) is 13.6. The van der Waals surface area contributed by atoms with Gasteiger partial charge in [0.1, 0.15) is 0 Å². The monoisotopic (exact) mass is 361 g/mol. The Morgan fingerprint density at radius 1 is 1.09 bits per heavy atom. The van der Waals surface area contributed by atoms with Crippen molar-refractivity contribution in [3.8, 4) is 0 Å². The number of aromatic nitrogens is 3. The Kier molecular flexibility index (Phi) is 8.30. The molecule has 0 saturated carbocycles. The number of hydrogen-bond donors (Lipinski definition) is 1. The van der Waals surface area contributed by atoms with Crippen molar-refractivity contribution < 1.29 is 4.74 Å². The van der Waals surface area contributed by atoms with E-state index >= 15 is 0 Å². The van der Waals surface area contributed by atoms with Crippen LogP contribution in [0.3, 0.4) is 0 Å². The number of halogens is 2. The SMILES string of the molecule is CCC(CCCCCNc1nc(Cl)nc(Cl)n1)N1CCOCC1. The van der Waals surface area contributed by atoms with E-state index in [0.29, 0.717) is 12.0 Å². The highest BCUT2D eigenvalue weighted by Crippen LogP contribution is 2.15. The van der Waals surface area contributed by atoms with Crippen LogP contribution in [0.2, 0.25) is 10.6 Å². The van der Waals surface area contributed by atoms with Crippen molar-refractivity contribution in [1.82, 2.24) is 19.9 Å². The lowest BCUT2D eigenvalue weighted by Gasteiger charge is -2.34. The topological polar surface area (TPSA) is 63.2 Å². The molecule has 0 radical (unpaired) electrons. The summed E-state index contributed by atoms with van der Waals surface area (Å²) in [6.45, 7) is 6.97.